The molecule has 0 aromatic heterocycles. The molecule has 1 fully saturated rings. The summed E-state index contributed by atoms with van der Waals surface area (Å²) in [5, 5.41) is 11.9. The van der Waals surface area contributed by atoms with Crippen molar-refractivity contribution >= 4 is 17.3 Å². The average molecular weight is 262 g/mol. The van der Waals surface area contributed by atoms with Crippen molar-refractivity contribution in [2.24, 2.45) is 0 Å². The molecule has 0 aliphatic carbocycles. The first-order chi connectivity index (χ1) is 9.16. The van der Waals surface area contributed by atoms with Gasteiger partial charge in [0.15, 0.2) is 0 Å². The number of rotatable bonds is 3. The Morgan fingerprint density at radius 2 is 1.95 bits per heavy atom. The Hall–Kier alpha value is -1.55. The minimum absolute atomic E-state index is 0.368. The molecule has 1 unspecified atom stereocenters. The Labute approximate surface area is 114 Å². The summed E-state index contributed by atoms with van der Waals surface area (Å²) in [6.07, 6.45) is 4.07. The third-order valence-electron chi connectivity index (χ3n) is 3.46. The van der Waals surface area contributed by atoms with Gasteiger partial charge in [-0.1, -0.05) is 18.9 Å². The highest BCUT2D eigenvalue weighted by atomic mass is 16.3. The molecule has 4 heteroatoms. The predicted octanol–water partition coefficient (Wildman–Crippen LogP) is 2.39. The van der Waals surface area contributed by atoms with Crippen LogP contribution < -0.4 is 10.2 Å². The molecule has 1 saturated heterocycles. The van der Waals surface area contributed by atoms with Gasteiger partial charge in [0.05, 0.1) is 0 Å². The van der Waals surface area contributed by atoms with Gasteiger partial charge in [0.2, 0.25) is 0 Å². The average Bonchev–Trinajstić information content (AvgIpc) is 2.67. The summed E-state index contributed by atoms with van der Waals surface area (Å²) in [6, 6.07) is 7.84. The van der Waals surface area contributed by atoms with Crippen LogP contribution in [0, 0.1) is 0 Å². The van der Waals surface area contributed by atoms with E-state index in [1.54, 1.807) is 0 Å². The van der Waals surface area contributed by atoms with Gasteiger partial charge in [0.25, 0.3) is 5.91 Å². The fourth-order valence-electron chi connectivity index (χ4n) is 2.36. The summed E-state index contributed by atoms with van der Waals surface area (Å²) >= 11 is 0. The smallest absolute Gasteiger partial charge is 0.252 e. The lowest BCUT2D eigenvalue weighted by Gasteiger charge is -2.23. The molecule has 19 heavy (non-hydrogen) atoms. The maximum atomic E-state index is 11.5. The topological polar surface area (TPSA) is 52.6 Å². The Morgan fingerprint density at radius 1 is 1.26 bits per heavy atom. The first kappa shape index (κ1) is 13.9. The summed E-state index contributed by atoms with van der Waals surface area (Å²) in [5.41, 5.74) is 1.89. The molecule has 0 saturated carbocycles. The summed E-state index contributed by atoms with van der Waals surface area (Å²) in [7, 11) is 0. The Morgan fingerprint density at radius 3 is 2.58 bits per heavy atom. The van der Waals surface area contributed by atoms with Crippen LogP contribution in [0.4, 0.5) is 11.4 Å². The Kier molecular flexibility index (Phi) is 4.80. The number of anilines is 2. The predicted molar refractivity (Wildman–Crippen MR) is 77.4 cm³/mol. The standard InChI is InChI=1S/C15H22N2O2/c1-12(18)15(19)16-13-7-6-8-14(11-13)17-9-4-2-3-5-10-17/h6-8,11-12,18H,2-5,9-10H2,1H3,(H,16,19). The van der Waals surface area contributed by atoms with Crippen molar-refractivity contribution in [2.45, 2.75) is 38.7 Å². The van der Waals surface area contributed by atoms with Gasteiger partial charge in [0.1, 0.15) is 6.10 Å². The van der Waals surface area contributed by atoms with Crippen molar-refractivity contribution in [3.63, 3.8) is 0 Å². The molecule has 1 aliphatic rings. The molecule has 2 N–H and O–H groups in total. The molecule has 2 rings (SSSR count). The van der Waals surface area contributed by atoms with Crippen LogP contribution in [0.1, 0.15) is 32.6 Å². The zero-order valence-electron chi connectivity index (χ0n) is 11.4. The summed E-state index contributed by atoms with van der Waals surface area (Å²) < 4.78 is 0. The molecule has 4 nitrogen and oxygen atoms in total. The first-order valence-corrected chi connectivity index (χ1v) is 7.01. The van der Waals surface area contributed by atoms with Crippen molar-refractivity contribution in [3.8, 4) is 0 Å². The fourth-order valence-corrected chi connectivity index (χ4v) is 2.36. The fraction of sp³-hybridized carbons (Fsp3) is 0.533. The normalized spacial score (nSPS) is 17.7. The largest absolute Gasteiger partial charge is 0.384 e. The van der Waals surface area contributed by atoms with E-state index >= 15 is 0 Å². The second-order valence-corrected chi connectivity index (χ2v) is 5.12. The van der Waals surface area contributed by atoms with Gasteiger partial charge in [-0.3, -0.25) is 4.79 Å². The van der Waals surface area contributed by atoms with Crippen LogP contribution in [-0.4, -0.2) is 30.2 Å². The van der Waals surface area contributed by atoms with Gasteiger partial charge in [0, 0.05) is 24.5 Å². The van der Waals surface area contributed by atoms with E-state index in [4.69, 9.17) is 0 Å². The molecule has 0 spiro atoms. The van der Waals surface area contributed by atoms with E-state index in [2.05, 4.69) is 16.3 Å². The van der Waals surface area contributed by atoms with Crippen molar-refractivity contribution in [2.75, 3.05) is 23.3 Å². The lowest BCUT2D eigenvalue weighted by Crippen LogP contribution is -2.26. The van der Waals surface area contributed by atoms with Gasteiger partial charge < -0.3 is 15.3 Å². The number of nitrogens with zero attached hydrogens (tertiary/aromatic N) is 1. The van der Waals surface area contributed by atoms with Crippen LogP contribution in [0.3, 0.4) is 0 Å². The lowest BCUT2D eigenvalue weighted by molar-refractivity contribution is -0.123. The minimum Gasteiger partial charge on any atom is -0.384 e. The van der Waals surface area contributed by atoms with E-state index in [-0.39, 0.29) is 5.91 Å². The number of hydrogen-bond acceptors (Lipinski definition) is 3. The highest BCUT2D eigenvalue weighted by Crippen LogP contribution is 2.22. The third kappa shape index (κ3) is 3.96. The van der Waals surface area contributed by atoms with Crippen molar-refractivity contribution < 1.29 is 9.90 Å². The molecule has 1 aromatic rings. The SMILES string of the molecule is CC(O)C(=O)Nc1cccc(N2CCCCCC2)c1. The summed E-state index contributed by atoms with van der Waals surface area (Å²) in [4.78, 5) is 13.8. The van der Waals surface area contributed by atoms with Gasteiger partial charge >= 0.3 is 0 Å². The number of aliphatic hydroxyl groups is 1. The quantitative estimate of drug-likeness (QED) is 0.879. The number of aliphatic hydroxyl groups excluding tert-OH is 1. The zero-order chi connectivity index (χ0) is 13.7. The van der Waals surface area contributed by atoms with Crippen molar-refractivity contribution in [1.82, 2.24) is 0 Å². The molecule has 1 atom stereocenters. The van der Waals surface area contributed by atoms with Gasteiger partial charge in [-0.25, -0.2) is 0 Å². The van der Waals surface area contributed by atoms with E-state index < -0.39 is 6.10 Å². The molecule has 1 heterocycles. The highest BCUT2D eigenvalue weighted by molar-refractivity contribution is 5.94. The molecule has 104 valence electrons. The highest BCUT2D eigenvalue weighted by Gasteiger charge is 2.12. The minimum atomic E-state index is -0.984. The zero-order valence-corrected chi connectivity index (χ0v) is 11.4. The molecular weight excluding hydrogens is 240 g/mol. The maximum Gasteiger partial charge on any atom is 0.252 e. The van der Waals surface area contributed by atoms with E-state index in [0.29, 0.717) is 0 Å². The van der Waals surface area contributed by atoms with Gasteiger partial charge in [-0.2, -0.15) is 0 Å². The van der Waals surface area contributed by atoms with Crippen LogP contribution >= 0.6 is 0 Å². The van der Waals surface area contributed by atoms with E-state index in [1.807, 2.05) is 18.2 Å². The number of carbonyl (C=O) groups is 1. The number of amides is 1. The molecular formula is C15H22N2O2. The van der Waals surface area contributed by atoms with Crippen LogP contribution in [0.25, 0.3) is 0 Å². The lowest BCUT2D eigenvalue weighted by atomic mass is 10.2. The first-order valence-electron chi connectivity index (χ1n) is 7.01. The number of hydrogen-bond donors (Lipinski definition) is 2. The van der Waals surface area contributed by atoms with Gasteiger partial charge in [-0.05, 0) is 38.0 Å². The maximum absolute atomic E-state index is 11.5. The second-order valence-electron chi connectivity index (χ2n) is 5.12. The Bertz CT molecular complexity index is 424. The van der Waals surface area contributed by atoms with Crippen molar-refractivity contribution in [1.29, 1.82) is 0 Å². The summed E-state index contributed by atoms with van der Waals surface area (Å²) in [5.74, 6) is -0.368. The van der Waals surface area contributed by atoms with Gasteiger partial charge in [-0.15, -0.1) is 0 Å². The van der Waals surface area contributed by atoms with Crippen molar-refractivity contribution in [3.05, 3.63) is 24.3 Å². The molecule has 0 radical (unpaired) electrons. The number of benzene rings is 1. The van der Waals surface area contributed by atoms with Crippen LogP contribution in [0.5, 0.6) is 0 Å². The van der Waals surface area contributed by atoms with Crippen LogP contribution in [0.15, 0.2) is 24.3 Å². The molecule has 0 bridgehead atoms. The number of carbonyl (C=O) groups excluding carboxylic acids is 1. The van der Waals surface area contributed by atoms with E-state index in [9.17, 15) is 9.90 Å². The van der Waals surface area contributed by atoms with Crippen LogP contribution in [-0.2, 0) is 4.79 Å². The second kappa shape index (κ2) is 6.57. The molecule has 1 aliphatic heterocycles. The monoisotopic (exact) mass is 262 g/mol. The van der Waals surface area contributed by atoms with E-state index in [0.717, 1.165) is 24.5 Å². The third-order valence-corrected chi connectivity index (χ3v) is 3.46. The Balaban J connectivity index is 2.07. The van der Waals surface area contributed by atoms with E-state index in [1.165, 1.54) is 32.6 Å². The van der Waals surface area contributed by atoms with Crippen LogP contribution in [0.2, 0.25) is 0 Å². The molecule has 1 aromatic carbocycles. The molecule has 1 amide bonds. The number of nitrogens with one attached hydrogen (secondary N) is 1. The summed E-state index contributed by atoms with van der Waals surface area (Å²) in [6.45, 7) is 3.62.